The molecule has 0 aliphatic rings. The van der Waals surface area contributed by atoms with Gasteiger partial charge in [-0.15, -0.1) is 11.8 Å². The van der Waals surface area contributed by atoms with E-state index in [2.05, 4.69) is 25.5 Å². The van der Waals surface area contributed by atoms with E-state index in [1.165, 1.54) is 6.33 Å². The summed E-state index contributed by atoms with van der Waals surface area (Å²) in [6, 6.07) is 15.0. The van der Waals surface area contributed by atoms with E-state index in [1.807, 2.05) is 48.5 Å². The first-order valence-corrected chi connectivity index (χ1v) is 9.94. The Balaban J connectivity index is 1.40. The van der Waals surface area contributed by atoms with Crippen LogP contribution in [0.25, 0.3) is 11.0 Å². The minimum absolute atomic E-state index is 0.110. The first-order chi connectivity index (χ1) is 13.7. The molecule has 2 N–H and O–H groups in total. The number of nitrogens with one attached hydrogen (secondary N) is 2. The minimum Gasteiger partial charge on any atom is -0.348 e. The van der Waals surface area contributed by atoms with Crippen LogP contribution in [0.3, 0.4) is 0 Å². The van der Waals surface area contributed by atoms with Gasteiger partial charge in [0, 0.05) is 22.9 Å². The van der Waals surface area contributed by atoms with Gasteiger partial charge in [-0.3, -0.25) is 9.89 Å². The predicted octanol–water partition coefficient (Wildman–Crippen LogP) is 4.23. The molecule has 28 heavy (non-hydrogen) atoms. The molecule has 0 aliphatic carbocycles. The number of aromatic amines is 1. The van der Waals surface area contributed by atoms with Crippen molar-refractivity contribution in [3.05, 3.63) is 82.8 Å². The summed E-state index contributed by atoms with van der Waals surface area (Å²) in [4.78, 5) is 20.9. The normalized spacial score (nSPS) is 10.9. The van der Waals surface area contributed by atoms with Crippen LogP contribution in [0.4, 0.5) is 0 Å². The summed E-state index contributed by atoms with van der Waals surface area (Å²) in [6.07, 6.45) is 3.24. The van der Waals surface area contributed by atoms with E-state index in [0.717, 1.165) is 21.5 Å². The fourth-order valence-corrected chi connectivity index (χ4v) is 3.73. The SMILES string of the molecule is O=C(NCc1ccc(Cl)cc1)c1cccc(CSc2ncnc3[nH]ncc23)c1. The first kappa shape index (κ1) is 18.5. The number of benzene rings is 2. The van der Waals surface area contributed by atoms with Crippen molar-refractivity contribution in [1.29, 1.82) is 0 Å². The van der Waals surface area contributed by atoms with Gasteiger partial charge in [0.1, 0.15) is 11.4 Å². The van der Waals surface area contributed by atoms with Gasteiger partial charge in [0.05, 0.1) is 11.6 Å². The Morgan fingerprint density at radius 2 is 1.96 bits per heavy atom. The van der Waals surface area contributed by atoms with E-state index < -0.39 is 0 Å². The molecular weight excluding hydrogens is 394 g/mol. The minimum atomic E-state index is -0.110. The zero-order valence-corrected chi connectivity index (χ0v) is 16.3. The molecule has 4 rings (SSSR count). The lowest BCUT2D eigenvalue weighted by molar-refractivity contribution is 0.0951. The summed E-state index contributed by atoms with van der Waals surface area (Å²) in [6.45, 7) is 0.453. The van der Waals surface area contributed by atoms with Gasteiger partial charge >= 0.3 is 0 Å². The summed E-state index contributed by atoms with van der Waals surface area (Å²) < 4.78 is 0. The maximum Gasteiger partial charge on any atom is 0.251 e. The lowest BCUT2D eigenvalue weighted by atomic mass is 10.1. The number of hydrogen-bond donors (Lipinski definition) is 2. The van der Waals surface area contributed by atoms with Crippen LogP contribution in [0.2, 0.25) is 5.02 Å². The van der Waals surface area contributed by atoms with Crippen molar-refractivity contribution in [2.24, 2.45) is 0 Å². The highest BCUT2D eigenvalue weighted by Gasteiger charge is 2.09. The number of nitrogens with zero attached hydrogens (tertiary/aromatic N) is 3. The molecule has 0 unspecified atom stereocenters. The summed E-state index contributed by atoms with van der Waals surface area (Å²) >= 11 is 7.47. The zero-order valence-electron chi connectivity index (χ0n) is 14.7. The van der Waals surface area contributed by atoms with Crippen LogP contribution in [0, 0.1) is 0 Å². The van der Waals surface area contributed by atoms with Crippen molar-refractivity contribution in [1.82, 2.24) is 25.5 Å². The van der Waals surface area contributed by atoms with Gasteiger partial charge in [-0.05, 0) is 35.4 Å². The maximum absolute atomic E-state index is 12.5. The molecule has 140 valence electrons. The third-order valence-corrected chi connectivity index (χ3v) is 5.47. The van der Waals surface area contributed by atoms with Crippen LogP contribution >= 0.6 is 23.4 Å². The molecule has 0 saturated carbocycles. The Kier molecular flexibility index (Phi) is 5.55. The standard InChI is InChI=1S/C20H16ClN5OS/c21-16-6-4-13(5-7-16)9-22-19(27)15-3-1-2-14(8-15)11-28-20-17-10-25-26-18(17)23-12-24-20/h1-8,10,12H,9,11H2,(H,22,27)(H,23,24,25,26). The third-order valence-electron chi connectivity index (χ3n) is 4.14. The Labute approximate surface area is 170 Å². The molecule has 1 amide bonds. The number of rotatable bonds is 6. The van der Waals surface area contributed by atoms with Gasteiger partial charge in [-0.25, -0.2) is 9.97 Å². The molecule has 4 aromatic rings. The zero-order chi connectivity index (χ0) is 19.3. The Morgan fingerprint density at radius 1 is 1.11 bits per heavy atom. The van der Waals surface area contributed by atoms with Crippen LogP contribution in [0.1, 0.15) is 21.5 Å². The van der Waals surface area contributed by atoms with E-state index >= 15 is 0 Å². The van der Waals surface area contributed by atoms with E-state index in [1.54, 1.807) is 18.0 Å². The van der Waals surface area contributed by atoms with E-state index in [9.17, 15) is 4.79 Å². The van der Waals surface area contributed by atoms with Crippen molar-refractivity contribution < 1.29 is 4.79 Å². The van der Waals surface area contributed by atoms with Crippen molar-refractivity contribution in [2.75, 3.05) is 0 Å². The second-order valence-electron chi connectivity index (χ2n) is 6.11. The monoisotopic (exact) mass is 409 g/mol. The quantitative estimate of drug-likeness (QED) is 0.368. The molecule has 0 bridgehead atoms. The highest BCUT2D eigenvalue weighted by atomic mass is 35.5. The number of carbonyl (C=O) groups is 1. The highest BCUT2D eigenvalue weighted by Crippen LogP contribution is 2.26. The molecule has 8 heteroatoms. The average molecular weight is 410 g/mol. The van der Waals surface area contributed by atoms with Crippen LogP contribution in [-0.2, 0) is 12.3 Å². The van der Waals surface area contributed by atoms with Gasteiger partial charge < -0.3 is 5.32 Å². The smallest absolute Gasteiger partial charge is 0.251 e. The fraction of sp³-hybridized carbons (Fsp3) is 0.100. The molecule has 6 nitrogen and oxygen atoms in total. The van der Waals surface area contributed by atoms with Crippen LogP contribution in [0.5, 0.6) is 0 Å². The number of hydrogen-bond acceptors (Lipinski definition) is 5. The van der Waals surface area contributed by atoms with E-state index in [4.69, 9.17) is 11.6 Å². The molecule has 0 radical (unpaired) electrons. The van der Waals surface area contributed by atoms with Gasteiger partial charge in [-0.2, -0.15) is 5.10 Å². The second kappa shape index (κ2) is 8.41. The summed E-state index contributed by atoms with van der Waals surface area (Å²) in [7, 11) is 0. The number of aromatic nitrogens is 4. The topological polar surface area (TPSA) is 83.6 Å². The molecule has 0 atom stereocenters. The predicted molar refractivity (Wildman–Crippen MR) is 110 cm³/mol. The fourth-order valence-electron chi connectivity index (χ4n) is 2.70. The van der Waals surface area contributed by atoms with Crippen LogP contribution in [-0.4, -0.2) is 26.1 Å². The number of fused-ring (bicyclic) bond motifs is 1. The van der Waals surface area contributed by atoms with Gasteiger partial charge in [0.2, 0.25) is 0 Å². The first-order valence-electron chi connectivity index (χ1n) is 8.57. The Hall–Kier alpha value is -2.90. The summed E-state index contributed by atoms with van der Waals surface area (Å²) in [5.41, 5.74) is 3.38. The maximum atomic E-state index is 12.5. The molecule has 0 spiro atoms. The third kappa shape index (κ3) is 4.32. The van der Waals surface area contributed by atoms with E-state index in [0.29, 0.717) is 28.5 Å². The largest absolute Gasteiger partial charge is 0.348 e. The number of thioether (sulfide) groups is 1. The van der Waals surface area contributed by atoms with Crippen molar-refractivity contribution in [3.63, 3.8) is 0 Å². The van der Waals surface area contributed by atoms with Gasteiger partial charge in [0.25, 0.3) is 5.91 Å². The molecule has 2 aromatic carbocycles. The van der Waals surface area contributed by atoms with Crippen LogP contribution < -0.4 is 5.32 Å². The lowest BCUT2D eigenvalue weighted by Crippen LogP contribution is -2.22. The van der Waals surface area contributed by atoms with Crippen molar-refractivity contribution in [2.45, 2.75) is 17.3 Å². The number of carbonyl (C=O) groups excluding carboxylic acids is 1. The van der Waals surface area contributed by atoms with E-state index in [-0.39, 0.29) is 5.91 Å². The van der Waals surface area contributed by atoms with Crippen molar-refractivity contribution in [3.8, 4) is 0 Å². The molecule has 0 saturated heterocycles. The molecule has 2 heterocycles. The van der Waals surface area contributed by atoms with Crippen molar-refractivity contribution >= 4 is 40.3 Å². The molecule has 2 aromatic heterocycles. The summed E-state index contributed by atoms with van der Waals surface area (Å²) in [5.74, 6) is 0.580. The molecule has 0 aliphatic heterocycles. The van der Waals surface area contributed by atoms with Crippen LogP contribution in [0.15, 0.2) is 66.1 Å². The Bertz CT molecular complexity index is 1110. The molecule has 0 fully saturated rings. The highest BCUT2D eigenvalue weighted by molar-refractivity contribution is 7.98. The van der Waals surface area contributed by atoms with Gasteiger partial charge in [-0.1, -0.05) is 35.9 Å². The average Bonchev–Trinajstić information content (AvgIpc) is 3.21. The van der Waals surface area contributed by atoms with Gasteiger partial charge in [0.15, 0.2) is 5.65 Å². The number of amides is 1. The second-order valence-corrected chi connectivity index (χ2v) is 7.51. The molecular formula is C20H16ClN5OS. The lowest BCUT2D eigenvalue weighted by Gasteiger charge is -2.08. The number of halogens is 1. The Morgan fingerprint density at radius 3 is 2.82 bits per heavy atom. The number of H-pyrrole nitrogens is 1. The summed E-state index contributed by atoms with van der Waals surface area (Å²) in [5, 5.41) is 12.2.